The monoisotopic (exact) mass is 446 g/mol. The van der Waals surface area contributed by atoms with Crippen LogP contribution >= 0.6 is 0 Å². The van der Waals surface area contributed by atoms with Crippen LogP contribution < -0.4 is 20.1 Å². The molecule has 0 aliphatic rings. The van der Waals surface area contributed by atoms with Crippen molar-refractivity contribution < 1.29 is 19.1 Å². The summed E-state index contributed by atoms with van der Waals surface area (Å²) in [5.74, 6) is 1.06. The van der Waals surface area contributed by atoms with Crippen LogP contribution in [0.5, 0.6) is 11.5 Å². The second kappa shape index (κ2) is 10.2. The maximum absolute atomic E-state index is 12.8. The molecule has 3 aromatic carbocycles. The lowest BCUT2D eigenvalue weighted by molar-refractivity contribution is -0.114. The molecule has 0 atom stereocenters. The molecule has 0 spiro atoms. The Labute approximate surface area is 194 Å². The quantitative estimate of drug-likeness (QED) is 0.482. The van der Waals surface area contributed by atoms with Gasteiger partial charge in [-0.25, -0.2) is 0 Å². The number of anilines is 2. The average Bonchev–Trinajstić information content (AvgIpc) is 2.78. The first-order chi connectivity index (χ1) is 15.7. The molecule has 172 valence electrons. The maximum Gasteiger partial charge on any atom is 0.255 e. The number of amides is 2. The molecule has 0 aliphatic heterocycles. The second-order valence-corrected chi connectivity index (χ2v) is 8.77. The van der Waals surface area contributed by atoms with Crippen molar-refractivity contribution in [3.05, 3.63) is 83.4 Å². The highest BCUT2D eigenvalue weighted by molar-refractivity contribution is 6.04. The van der Waals surface area contributed by atoms with Crippen LogP contribution in [0.15, 0.2) is 66.7 Å². The van der Waals surface area contributed by atoms with Crippen LogP contribution in [-0.2, 0) is 16.8 Å². The minimum atomic E-state index is -0.249. The Kier molecular flexibility index (Phi) is 7.38. The molecule has 0 saturated heterocycles. The first-order valence-corrected chi connectivity index (χ1v) is 10.8. The van der Waals surface area contributed by atoms with Crippen LogP contribution in [0.1, 0.15) is 49.2 Å². The highest BCUT2D eigenvalue weighted by Gasteiger charge is 2.19. The van der Waals surface area contributed by atoms with E-state index < -0.39 is 0 Å². The fourth-order valence-electron chi connectivity index (χ4n) is 3.44. The van der Waals surface area contributed by atoms with Gasteiger partial charge in [0.15, 0.2) is 0 Å². The maximum atomic E-state index is 12.8. The van der Waals surface area contributed by atoms with Gasteiger partial charge in [0.05, 0.1) is 7.11 Å². The molecule has 3 rings (SSSR count). The molecular weight excluding hydrogens is 416 g/mol. The lowest BCUT2D eigenvalue weighted by atomic mass is 9.86. The van der Waals surface area contributed by atoms with Crippen molar-refractivity contribution in [1.29, 1.82) is 0 Å². The van der Waals surface area contributed by atoms with Gasteiger partial charge in [0, 0.05) is 29.4 Å². The summed E-state index contributed by atoms with van der Waals surface area (Å²) in [7, 11) is 1.60. The molecule has 0 aromatic heterocycles. The summed E-state index contributed by atoms with van der Waals surface area (Å²) >= 11 is 0. The molecule has 0 radical (unpaired) electrons. The van der Waals surface area contributed by atoms with E-state index in [2.05, 4.69) is 37.5 Å². The number of hydrogen-bond acceptors (Lipinski definition) is 4. The van der Waals surface area contributed by atoms with E-state index in [4.69, 9.17) is 9.47 Å². The Balaban J connectivity index is 1.76. The number of nitrogens with one attached hydrogen (secondary N) is 2. The molecule has 0 fully saturated rings. The number of benzene rings is 3. The first kappa shape index (κ1) is 23.9. The van der Waals surface area contributed by atoms with Gasteiger partial charge in [0.1, 0.15) is 18.1 Å². The molecule has 2 amide bonds. The number of para-hydroxylation sites is 1. The van der Waals surface area contributed by atoms with Crippen molar-refractivity contribution in [2.45, 2.75) is 39.7 Å². The third-order valence-corrected chi connectivity index (χ3v) is 5.08. The Morgan fingerprint density at radius 3 is 2.09 bits per heavy atom. The molecule has 33 heavy (non-hydrogen) atoms. The largest absolute Gasteiger partial charge is 0.496 e. The smallest absolute Gasteiger partial charge is 0.255 e. The molecule has 0 bridgehead atoms. The van der Waals surface area contributed by atoms with E-state index >= 15 is 0 Å². The number of hydrogen-bond donors (Lipinski definition) is 2. The summed E-state index contributed by atoms with van der Waals surface area (Å²) in [6, 6.07) is 20.2. The molecule has 0 unspecified atom stereocenters. The van der Waals surface area contributed by atoms with Crippen molar-refractivity contribution in [3.8, 4) is 11.5 Å². The van der Waals surface area contributed by atoms with Crippen molar-refractivity contribution in [2.75, 3.05) is 17.7 Å². The van der Waals surface area contributed by atoms with Gasteiger partial charge in [0.25, 0.3) is 5.91 Å². The SMILES string of the molecule is COc1ccc(C(=O)Nc2ccc(NC(C)=O)cc2)cc1COc1ccccc1C(C)(C)C. The van der Waals surface area contributed by atoms with E-state index in [0.717, 1.165) is 16.9 Å². The van der Waals surface area contributed by atoms with Crippen LogP contribution in [0.25, 0.3) is 0 Å². The molecule has 6 nitrogen and oxygen atoms in total. The first-order valence-electron chi connectivity index (χ1n) is 10.8. The van der Waals surface area contributed by atoms with E-state index in [0.29, 0.717) is 22.7 Å². The van der Waals surface area contributed by atoms with E-state index in [9.17, 15) is 9.59 Å². The van der Waals surface area contributed by atoms with Crippen molar-refractivity contribution >= 4 is 23.2 Å². The van der Waals surface area contributed by atoms with Gasteiger partial charge in [-0.1, -0.05) is 39.0 Å². The summed E-state index contributed by atoms with van der Waals surface area (Å²) in [6.45, 7) is 8.14. The second-order valence-electron chi connectivity index (χ2n) is 8.77. The predicted molar refractivity (Wildman–Crippen MR) is 131 cm³/mol. The van der Waals surface area contributed by atoms with Gasteiger partial charge < -0.3 is 20.1 Å². The van der Waals surface area contributed by atoms with Crippen molar-refractivity contribution in [3.63, 3.8) is 0 Å². The molecule has 0 saturated carbocycles. The molecule has 2 N–H and O–H groups in total. The summed E-state index contributed by atoms with van der Waals surface area (Å²) in [4.78, 5) is 24.0. The third-order valence-electron chi connectivity index (χ3n) is 5.08. The van der Waals surface area contributed by atoms with Gasteiger partial charge in [0.2, 0.25) is 5.91 Å². The van der Waals surface area contributed by atoms with Gasteiger partial charge in [-0.05, 0) is 59.5 Å². The summed E-state index contributed by atoms with van der Waals surface area (Å²) < 4.78 is 11.6. The predicted octanol–water partition coefficient (Wildman–Crippen LogP) is 5.78. The number of carbonyl (C=O) groups excluding carboxylic acids is 2. The molecular formula is C27H30N2O4. The number of ether oxygens (including phenoxy) is 2. The van der Waals surface area contributed by atoms with Gasteiger partial charge in [-0.3, -0.25) is 9.59 Å². The highest BCUT2D eigenvalue weighted by atomic mass is 16.5. The van der Waals surface area contributed by atoms with Crippen LogP contribution in [0.3, 0.4) is 0 Å². The summed E-state index contributed by atoms with van der Waals surface area (Å²) in [5, 5.41) is 5.57. The van der Waals surface area contributed by atoms with E-state index in [1.807, 2.05) is 18.2 Å². The van der Waals surface area contributed by atoms with Crippen LogP contribution in [0.2, 0.25) is 0 Å². The Bertz CT molecular complexity index is 1130. The lowest BCUT2D eigenvalue weighted by Gasteiger charge is -2.23. The lowest BCUT2D eigenvalue weighted by Crippen LogP contribution is -2.14. The number of carbonyl (C=O) groups is 2. The molecule has 0 aliphatic carbocycles. The summed E-state index contributed by atoms with van der Waals surface area (Å²) in [6.07, 6.45) is 0. The minimum absolute atomic E-state index is 0.0576. The molecule has 3 aromatic rings. The van der Waals surface area contributed by atoms with Crippen LogP contribution in [-0.4, -0.2) is 18.9 Å². The van der Waals surface area contributed by atoms with Crippen LogP contribution in [0, 0.1) is 0 Å². The third kappa shape index (κ3) is 6.35. The van der Waals surface area contributed by atoms with Crippen molar-refractivity contribution in [1.82, 2.24) is 0 Å². The fourth-order valence-corrected chi connectivity index (χ4v) is 3.44. The fraction of sp³-hybridized carbons (Fsp3) is 0.259. The number of rotatable bonds is 7. The van der Waals surface area contributed by atoms with Gasteiger partial charge >= 0.3 is 0 Å². The standard InChI is InChI=1S/C27H30N2O4/c1-18(30)28-21-11-13-22(14-12-21)29-26(31)19-10-15-24(32-5)20(16-19)17-33-25-9-7-6-8-23(25)27(2,3)4/h6-16H,17H2,1-5H3,(H,28,30)(H,29,31). The van der Waals surface area contributed by atoms with Crippen molar-refractivity contribution in [2.24, 2.45) is 0 Å². The Morgan fingerprint density at radius 2 is 1.48 bits per heavy atom. The van der Waals surface area contributed by atoms with Gasteiger partial charge in [-0.15, -0.1) is 0 Å². The molecule has 6 heteroatoms. The average molecular weight is 447 g/mol. The summed E-state index contributed by atoms with van der Waals surface area (Å²) in [5.41, 5.74) is 3.61. The zero-order valence-electron chi connectivity index (χ0n) is 19.7. The highest BCUT2D eigenvalue weighted by Crippen LogP contribution is 2.32. The zero-order valence-corrected chi connectivity index (χ0v) is 19.7. The van der Waals surface area contributed by atoms with E-state index in [1.165, 1.54) is 6.92 Å². The zero-order chi connectivity index (χ0) is 24.0. The Morgan fingerprint density at radius 1 is 0.848 bits per heavy atom. The number of methoxy groups -OCH3 is 1. The van der Waals surface area contributed by atoms with E-state index in [1.54, 1.807) is 49.6 Å². The van der Waals surface area contributed by atoms with E-state index in [-0.39, 0.29) is 23.8 Å². The Hall–Kier alpha value is -3.80. The van der Waals surface area contributed by atoms with Crippen LogP contribution in [0.4, 0.5) is 11.4 Å². The van der Waals surface area contributed by atoms with Gasteiger partial charge in [-0.2, -0.15) is 0 Å². The topological polar surface area (TPSA) is 76.7 Å². The normalized spacial score (nSPS) is 10.9. The molecule has 0 heterocycles. The minimum Gasteiger partial charge on any atom is -0.496 e.